The lowest BCUT2D eigenvalue weighted by molar-refractivity contribution is 0.0521. The number of aromatic nitrogens is 1. The first-order chi connectivity index (χ1) is 7.69. The van der Waals surface area contributed by atoms with Gasteiger partial charge in [0.1, 0.15) is 5.03 Å². The van der Waals surface area contributed by atoms with Crippen molar-refractivity contribution >= 4 is 17.7 Å². The van der Waals surface area contributed by atoms with Crippen LogP contribution in [0.5, 0.6) is 0 Å². The third kappa shape index (κ3) is 3.50. The second kappa shape index (κ2) is 6.50. The third-order valence-corrected chi connectivity index (χ3v) is 2.94. The van der Waals surface area contributed by atoms with Gasteiger partial charge in [-0.25, -0.2) is 9.78 Å². The molecule has 1 heterocycles. The van der Waals surface area contributed by atoms with Crippen LogP contribution in [-0.4, -0.2) is 34.5 Å². The average molecular weight is 241 g/mol. The van der Waals surface area contributed by atoms with Crippen molar-refractivity contribution in [1.29, 1.82) is 0 Å². The number of hydrogen-bond donors (Lipinski definition) is 1. The molecule has 1 atom stereocenters. The van der Waals surface area contributed by atoms with Crippen LogP contribution in [0, 0.1) is 0 Å². The molecule has 0 amide bonds. The Morgan fingerprint density at radius 2 is 2.44 bits per heavy atom. The van der Waals surface area contributed by atoms with E-state index in [-0.39, 0.29) is 17.8 Å². The highest BCUT2D eigenvalue weighted by Gasteiger charge is 2.15. The van der Waals surface area contributed by atoms with E-state index in [1.807, 2.05) is 6.92 Å². The molecule has 0 saturated heterocycles. The number of carbonyl (C=O) groups is 1. The molecular weight excluding hydrogens is 226 g/mol. The Morgan fingerprint density at radius 1 is 1.69 bits per heavy atom. The number of nitrogens with zero attached hydrogens (tertiary/aromatic N) is 1. The van der Waals surface area contributed by atoms with Crippen molar-refractivity contribution in [1.82, 2.24) is 4.98 Å². The average Bonchev–Trinajstić information content (AvgIpc) is 2.30. The van der Waals surface area contributed by atoms with Crippen LogP contribution in [0.1, 0.15) is 24.2 Å². The minimum atomic E-state index is -0.372. The van der Waals surface area contributed by atoms with E-state index in [4.69, 9.17) is 9.84 Å². The summed E-state index contributed by atoms with van der Waals surface area (Å²) in [4.78, 5) is 15.7. The fourth-order valence-corrected chi connectivity index (χ4v) is 1.93. The monoisotopic (exact) mass is 241 g/mol. The van der Waals surface area contributed by atoms with E-state index in [0.717, 1.165) is 0 Å². The highest BCUT2D eigenvalue weighted by Crippen LogP contribution is 2.24. The smallest absolute Gasteiger partial charge is 0.340 e. The van der Waals surface area contributed by atoms with Crippen molar-refractivity contribution in [2.75, 3.05) is 13.2 Å². The summed E-state index contributed by atoms with van der Waals surface area (Å²) in [5.74, 6) is -0.372. The first-order valence-corrected chi connectivity index (χ1v) is 5.96. The molecule has 0 aliphatic rings. The van der Waals surface area contributed by atoms with Gasteiger partial charge in [-0.05, 0) is 19.1 Å². The Morgan fingerprint density at radius 3 is 3.06 bits per heavy atom. The van der Waals surface area contributed by atoms with E-state index >= 15 is 0 Å². The number of carbonyl (C=O) groups excluding carboxylic acids is 1. The molecule has 0 aliphatic heterocycles. The second-order valence-electron chi connectivity index (χ2n) is 3.19. The summed E-state index contributed by atoms with van der Waals surface area (Å²) in [6, 6.07) is 3.37. The Balaban J connectivity index is 2.87. The lowest BCUT2D eigenvalue weighted by Crippen LogP contribution is -2.09. The van der Waals surface area contributed by atoms with Crippen LogP contribution >= 0.6 is 11.8 Å². The molecular formula is C11H15NO3S. The number of ether oxygens (including phenoxy) is 1. The molecule has 1 aromatic rings. The molecule has 0 saturated carbocycles. The summed E-state index contributed by atoms with van der Waals surface area (Å²) >= 11 is 1.36. The van der Waals surface area contributed by atoms with Crippen molar-refractivity contribution in [3.05, 3.63) is 23.9 Å². The zero-order chi connectivity index (χ0) is 12.0. The number of hydrogen-bond acceptors (Lipinski definition) is 5. The molecule has 0 aliphatic carbocycles. The third-order valence-electron chi connectivity index (χ3n) is 1.84. The van der Waals surface area contributed by atoms with Gasteiger partial charge in [0.05, 0.1) is 18.8 Å². The maximum atomic E-state index is 11.6. The Hall–Kier alpha value is -1.07. The van der Waals surface area contributed by atoms with Gasteiger partial charge in [0.2, 0.25) is 0 Å². The van der Waals surface area contributed by atoms with Crippen LogP contribution in [0.25, 0.3) is 0 Å². The predicted octanol–water partition coefficient (Wildman–Crippen LogP) is 1.73. The number of rotatable bonds is 5. The van der Waals surface area contributed by atoms with E-state index in [0.29, 0.717) is 17.2 Å². The standard InChI is InChI=1S/C11H15NO3S/c1-3-15-11(14)9-5-4-6-12-10(9)16-8(2)7-13/h4-6,8,13H,3,7H2,1-2H3. The molecule has 1 rings (SSSR count). The van der Waals surface area contributed by atoms with Crippen LogP contribution < -0.4 is 0 Å². The number of aliphatic hydroxyl groups excluding tert-OH is 1. The topological polar surface area (TPSA) is 59.4 Å². The summed E-state index contributed by atoms with van der Waals surface area (Å²) in [5.41, 5.74) is 0.453. The largest absolute Gasteiger partial charge is 0.462 e. The summed E-state index contributed by atoms with van der Waals surface area (Å²) < 4.78 is 4.93. The van der Waals surface area contributed by atoms with E-state index in [1.165, 1.54) is 11.8 Å². The highest BCUT2D eigenvalue weighted by molar-refractivity contribution is 7.99. The van der Waals surface area contributed by atoms with Gasteiger partial charge < -0.3 is 9.84 Å². The first kappa shape index (κ1) is 13.0. The van der Waals surface area contributed by atoms with E-state index in [1.54, 1.807) is 25.3 Å². The molecule has 1 unspecified atom stereocenters. The fraction of sp³-hybridized carbons (Fsp3) is 0.455. The lowest BCUT2D eigenvalue weighted by Gasteiger charge is -2.10. The van der Waals surface area contributed by atoms with Gasteiger partial charge in [0.25, 0.3) is 0 Å². The van der Waals surface area contributed by atoms with Crippen molar-refractivity contribution in [3.8, 4) is 0 Å². The minimum Gasteiger partial charge on any atom is -0.462 e. The van der Waals surface area contributed by atoms with E-state index in [9.17, 15) is 4.79 Å². The molecule has 0 fully saturated rings. The summed E-state index contributed by atoms with van der Waals surface area (Å²) in [6.07, 6.45) is 1.62. The van der Waals surface area contributed by atoms with Gasteiger partial charge in [-0.1, -0.05) is 6.92 Å². The SMILES string of the molecule is CCOC(=O)c1cccnc1SC(C)CO. The van der Waals surface area contributed by atoms with Crippen LogP contribution in [0.4, 0.5) is 0 Å². The molecule has 88 valence electrons. The lowest BCUT2D eigenvalue weighted by atomic mass is 10.3. The van der Waals surface area contributed by atoms with Crippen LogP contribution in [0.2, 0.25) is 0 Å². The van der Waals surface area contributed by atoms with Gasteiger partial charge in [-0.2, -0.15) is 0 Å². The molecule has 16 heavy (non-hydrogen) atoms. The van der Waals surface area contributed by atoms with Gasteiger partial charge in [0.15, 0.2) is 0 Å². The van der Waals surface area contributed by atoms with Crippen LogP contribution in [0.15, 0.2) is 23.4 Å². The van der Waals surface area contributed by atoms with E-state index in [2.05, 4.69) is 4.98 Å². The molecule has 0 bridgehead atoms. The highest BCUT2D eigenvalue weighted by atomic mass is 32.2. The summed E-state index contributed by atoms with van der Waals surface area (Å²) in [5, 5.41) is 9.57. The molecule has 1 N–H and O–H groups in total. The van der Waals surface area contributed by atoms with Crippen LogP contribution in [-0.2, 0) is 4.74 Å². The van der Waals surface area contributed by atoms with Crippen LogP contribution in [0.3, 0.4) is 0 Å². The Labute approximate surface area is 99.0 Å². The maximum absolute atomic E-state index is 11.6. The summed E-state index contributed by atoms with van der Waals surface area (Å²) in [6.45, 7) is 4.02. The zero-order valence-electron chi connectivity index (χ0n) is 9.34. The molecule has 5 heteroatoms. The van der Waals surface area contributed by atoms with Crippen molar-refractivity contribution < 1.29 is 14.6 Å². The first-order valence-electron chi connectivity index (χ1n) is 5.08. The summed E-state index contributed by atoms with van der Waals surface area (Å²) in [7, 11) is 0. The molecule has 0 radical (unpaired) electrons. The zero-order valence-corrected chi connectivity index (χ0v) is 10.2. The number of esters is 1. The van der Waals surface area contributed by atoms with Gasteiger partial charge in [0, 0.05) is 11.4 Å². The van der Waals surface area contributed by atoms with Crippen molar-refractivity contribution in [2.24, 2.45) is 0 Å². The van der Waals surface area contributed by atoms with Gasteiger partial charge in [-0.3, -0.25) is 0 Å². The van der Waals surface area contributed by atoms with Crippen molar-refractivity contribution in [2.45, 2.75) is 24.1 Å². The van der Waals surface area contributed by atoms with Gasteiger partial charge >= 0.3 is 5.97 Å². The maximum Gasteiger partial charge on any atom is 0.340 e. The quantitative estimate of drug-likeness (QED) is 0.628. The fourth-order valence-electron chi connectivity index (χ4n) is 1.08. The number of thioether (sulfide) groups is 1. The molecule has 0 aromatic carbocycles. The molecule has 0 spiro atoms. The normalized spacial score (nSPS) is 12.2. The Bertz CT molecular complexity index is 357. The van der Waals surface area contributed by atoms with Gasteiger partial charge in [-0.15, -0.1) is 11.8 Å². The number of pyridine rings is 1. The Kier molecular flexibility index (Phi) is 5.28. The van der Waals surface area contributed by atoms with E-state index < -0.39 is 0 Å². The minimum absolute atomic E-state index is 0.00285. The molecule has 4 nitrogen and oxygen atoms in total. The predicted molar refractivity (Wildman–Crippen MR) is 62.6 cm³/mol. The second-order valence-corrected chi connectivity index (χ2v) is 4.61. The van der Waals surface area contributed by atoms with Crippen molar-refractivity contribution in [3.63, 3.8) is 0 Å². The number of aliphatic hydroxyl groups is 1. The molecule has 1 aromatic heterocycles.